The van der Waals surface area contributed by atoms with Crippen molar-refractivity contribution in [3.63, 3.8) is 0 Å². The minimum absolute atomic E-state index is 0.221. The molecule has 1 amide bonds. The molecule has 1 rings (SSSR count). The van der Waals surface area contributed by atoms with Crippen LogP contribution in [0.25, 0.3) is 5.57 Å². The minimum Gasteiger partial charge on any atom is -0.289 e. The molecule has 1 aromatic carbocycles. The van der Waals surface area contributed by atoms with Crippen molar-refractivity contribution in [3.05, 3.63) is 42.5 Å². The van der Waals surface area contributed by atoms with Gasteiger partial charge in [-0.3, -0.25) is 9.14 Å². The van der Waals surface area contributed by atoms with Crippen molar-refractivity contribution < 1.29 is 4.79 Å². The monoisotopic (exact) mass is 225 g/mol. The molecule has 12 heavy (non-hydrogen) atoms. The van der Waals surface area contributed by atoms with Crippen molar-refractivity contribution in [2.24, 2.45) is 0 Å². The Morgan fingerprint density at radius 3 is 2.42 bits per heavy atom. The third-order valence-electron chi connectivity index (χ3n) is 1.48. The van der Waals surface area contributed by atoms with Gasteiger partial charge >= 0.3 is 0 Å². The standard InChI is InChI=1S/C9H8BrNO/c1-7(9(12)11-10)8-5-3-2-4-6-8/h2-6H,1H2,(H,11,12). The van der Waals surface area contributed by atoms with Crippen LogP contribution in [0.4, 0.5) is 0 Å². The van der Waals surface area contributed by atoms with Crippen LogP contribution in [-0.4, -0.2) is 5.91 Å². The molecule has 0 radical (unpaired) electrons. The van der Waals surface area contributed by atoms with Crippen molar-refractivity contribution in [2.75, 3.05) is 0 Å². The fourth-order valence-electron chi connectivity index (χ4n) is 0.827. The highest BCUT2D eigenvalue weighted by Gasteiger charge is 2.05. The molecular formula is C9H8BrNO. The third-order valence-corrected chi connectivity index (χ3v) is 1.84. The largest absolute Gasteiger partial charge is 0.289 e. The molecule has 0 aliphatic carbocycles. The molecule has 0 aromatic heterocycles. The molecule has 0 aliphatic rings. The van der Waals surface area contributed by atoms with Gasteiger partial charge in [0.2, 0.25) is 0 Å². The Balaban J connectivity index is 2.86. The molecule has 0 saturated carbocycles. The second-order valence-corrected chi connectivity index (χ2v) is 2.66. The fourth-order valence-corrected chi connectivity index (χ4v) is 1.07. The summed E-state index contributed by atoms with van der Waals surface area (Å²) >= 11 is 2.85. The minimum atomic E-state index is -0.221. The Bertz CT molecular complexity index is 295. The van der Waals surface area contributed by atoms with E-state index in [-0.39, 0.29) is 5.91 Å². The summed E-state index contributed by atoms with van der Waals surface area (Å²) in [5.41, 5.74) is 1.28. The molecule has 0 saturated heterocycles. The van der Waals surface area contributed by atoms with Gasteiger partial charge in [0, 0.05) is 21.7 Å². The molecule has 1 N–H and O–H groups in total. The first-order chi connectivity index (χ1) is 5.75. The van der Waals surface area contributed by atoms with Crippen molar-refractivity contribution in [3.8, 4) is 0 Å². The fraction of sp³-hybridized carbons (Fsp3) is 0. The molecule has 0 fully saturated rings. The molecule has 0 unspecified atom stereocenters. The van der Waals surface area contributed by atoms with Gasteiger partial charge in [-0.1, -0.05) is 36.9 Å². The normalized spacial score (nSPS) is 9.08. The average Bonchev–Trinajstić information content (AvgIpc) is 2.17. The van der Waals surface area contributed by atoms with Crippen LogP contribution in [0, 0.1) is 0 Å². The van der Waals surface area contributed by atoms with E-state index in [0.717, 1.165) is 5.56 Å². The van der Waals surface area contributed by atoms with Crippen LogP contribution in [0.1, 0.15) is 5.56 Å². The van der Waals surface area contributed by atoms with Crippen LogP contribution in [0.2, 0.25) is 0 Å². The zero-order chi connectivity index (χ0) is 8.97. The summed E-state index contributed by atoms with van der Waals surface area (Å²) in [7, 11) is 0. The van der Waals surface area contributed by atoms with E-state index in [9.17, 15) is 4.79 Å². The van der Waals surface area contributed by atoms with E-state index in [1.54, 1.807) is 0 Å². The van der Waals surface area contributed by atoms with E-state index in [2.05, 4.69) is 27.1 Å². The molecule has 0 spiro atoms. The van der Waals surface area contributed by atoms with Crippen LogP contribution >= 0.6 is 16.1 Å². The first kappa shape index (κ1) is 9.00. The first-order valence-electron chi connectivity index (χ1n) is 3.41. The van der Waals surface area contributed by atoms with E-state index in [0.29, 0.717) is 5.57 Å². The predicted molar refractivity (Wildman–Crippen MR) is 52.5 cm³/mol. The van der Waals surface area contributed by atoms with E-state index in [4.69, 9.17) is 0 Å². The van der Waals surface area contributed by atoms with Gasteiger partial charge in [0.25, 0.3) is 5.91 Å². The maximum absolute atomic E-state index is 11.1. The Morgan fingerprint density at radius 2 is 1.92 bits per heavy atom. The van der Waals surface area contributed by atoms with Gasteiger partial charge in [0.15, 0.2) is 0 Å². The van der Waals surface area contributed by atoms with E-state index >= 15 is 0 Å². The molecule has 1 aromatic rings. The predicted octanol–water partition coefficient (Wildman–Crippen LogP) is 2.13. The molecular weight excluding hydrogens is 218 g/mol. The smallest absolute Gasteiger partial charge is 0.261 e. The summed E-state index contributed by atoms with van der Waals surface area (Å²) < 4.78 is 2.34. The second kappa shape index (κ2) is 4.07. The molecule has 0 heterocycles. The summed E-state index contributed by atoms with van der Waals surface area (Å²) in [4.78, 5) is 11.1. The summed E-state index contributed by atoms with van der Waals surface area (Å²) in [6.45, 7) is 3.65. The number of carbonyl (C=O) groups is 1. The maximum Gasteiger partial charge on any atom is 0.261 e. The van der Waals surface area contributed by atoms with Crippen LogP contribution in [0.5, 0.6) is 0 Å². The molecule has 0 bridgehead atoms. The van der Waals surface area contributed by atoms with E-state index < -0.39 is 0 Å². The lowest BCUT2D eigenvalue weighted by atomic mass is 10.1. The van der Waals surface area contributed by atoms with Crippen molar-refractivity contribution in [1.82, 2.24) is 4.34 Å². The average molecular weight is 226 g/mol. The number of amides is 1. The van der Waals surface area contributed by atoms with Crippen molar-refractivity contribution in [1.29, 1.82) is 0 Å². The van der Waals surface area contributed by atoms with Crippen LogP contribution in [0.3, 0.4) is 0 Å². The van der Waals surface area contributed by atoms with Crippen molar-refractivity contribution in [2.45, 2.75) is 0 Å². The van der Waals surface area contributed by atoms with Gasteiger partial charge in [-0.05, 0) is 5.56 Å². The van der Waals surface area contributed by atoms with Crippen LogP contribution in [0.15, 0.2) is 36.9 Å². The topological polar surface area (TPSA) is 29.1 Å². The highest BCUT2D eigenvalue weighted by Crippen LogP contribution is 2.11. The third kappa shape index (κ3) is 1.95. The SMILES string of the molecule is C=C(C(=O)NBr)c1ccccc1. The first-order valence-corrected chi connectivity index (χ1v) is 4.20. The molecule has 0 aliphatic heterocycles. The summed E-state index contributed by atoms with van der Waals surface area (Å²) in [5, 5.41) is 0. The van der Waals surface area contributed by atoms with Gasteiger partial charge in [0.1, 0.15) is 0 Å². The number of benzene rings is 1. The molecule has 0 atom stereocenters. The number of hydrogen-bond donors (Lipinski definition) is 1. The Kier molecular flexibility index (Phi) is 3.05. The Labute approximate surface area is 79.6 Å². The molecule has 2 nitrogen and oxygen atoms in total. The second-order valence-electron chi connectivity index (χ2n) is 2.27. The molecule has 3 heteroatoms. The lowest BCUT2D eigenvalue weighted by molar-refractivity contribution is -0.113. The van der Waals surface area contributed by atoms with E-state index in [1.165, 1.54) is 0 Å². The van der Waals surface area contributed by atoms with Gasteiger partial charge in [-0.2, -0.15) is 0 Å². The summed E-state index contributed by atoms with van der Waals surface area (Å²) in [6.07, 6.45) is 0. The highest BCUT2D eigenvalue weighted by atomic mass is 79.9. The Hall–Kier alpha value is -1.09. The quantitative estimate of drug-likeness (QED) is 0.607. The zero-order valence-electron chi connectivity index (χ0n) is 6.38. The number of halogens is 1. The lowest BCUT2D eigenvalue weighted by Crippen LogP contribution is -2.12. The number of carbonyl (C=O) groups excluding carboxylic acids is 1. The van der Waals surface area contributed by atoms with Gasteiger partial charge in [-0.25, -0.2) is 0 Å². The number of hydrogen-bond acceptors (Lipinski definition) is 1. The van der Waals surface area contributed by atoms with Gasteiger partial charge < -0.3 is 0 Å². The maximum atomic E-state index is 11.1. The van der Waals surface area contributed by atoms with Gasteiger partial charge in [0.05, 0.1) is 0 Å². The Morgan fingerprint density at radius 1 is 1.33 bits per heavy atom. The van der Waals surface area contributed by atoms with Gasteiger partial charge in [-0.15, -0.1) is 0 Å². The zero-order valence-corrected chi connectivity index (χ0v) is 7.97. The number of rotatable bonds is 2. The van der Waals surface area contributed by atoms with Crippen LogP contribution in [-0.2, 0) is 4.79 Å². The number of nitrogens with one attached hydrogen (secondary N) is 1. The highest BCUT2D eigenvalue weighted by molar-refractivity contribution is 9.08. The summed E-state index contributed by atoms with van der Waals surface area (Å²) in [6, 6.07) is 9.29. The summed E-state index contributed by atoms with van der Waals surface area (Å²) in [5.74, 6) is -0.221. The van der Waals surface area contributed by atoms with E-state index in [1.807, 2.05) is 30.3 Å². The van der Waals surface area contributed by atoms with Crippen molar-refractivity contribution >= 4 is 27.6 Å². The lowest BCUT2D eigenvalue weighted by Gasteiger charge is -2.01. The molecule has 62 valence electrons. The van der Waals surface area contributed by atoms with Crippen LogP contribution < -0.4 is 4.34 Å².